The Bertz CT molecular complexity index is 388. The van der Waals surface area contributed by atoms with E-state index in [4.69, 9.17) is 4.74 Å². The number of rotatable bonds is 3. The second kappa shape index (κ2) is 4.38. The number of hydrogen-bond acceptors (Lipinski definition) is 6. The smallest absolute Gasteiger partial charge is 0.320 e. The number of carboxylic acid groups (broad SMARTS) is 1. The van der Waals surface area contributed by atoms with Crippen molar-refractivity contribution in [1.29, 1.82) is 0 Å². The van der Waals surface area contributed by atoms with E-state index in [1.807, 2.05) is 0 Å². The average molecular weight is 244 g/mol. The molecule has 2 heterocycles. The lowest BCUT2D eigenvalue weighted by atomic mass is 9.99. The molecule has 1 aromatic rings. The summed E-state index contributed by atoms with van der Waals surface area (Å²) in [5.74, 6) is -0.830. The van der Waals surface area contributed by atoms with Crippen LogP contribution in [-0.4, -0.2) is 49.2 Å². The summed E-state index contributed by atoms with van der Waals surface area (Å²) in [6, 6.07) is 0. The number of hydrogen-bond donors (Lipinski definition) is 1. The van der Waals surface area contributed by atoms with Crippen molar-refractivity contribution < 1.29 is 14.6 Å². The van der Waals surface area contributed by atoms with Gasteiger partial charge in [-0.2, -0.15) is 0 Å². The minimum absolute atomic E-state index is 0.463. The lowest BCUT2D eigenvalue weighted by Crippen LogP contribution is -2.41. The molecule has 7 nitrogen and oxygen atoms in total. The highest BCUT2D eigenvalue weighted by molar-refractivity contribution is 8.01. The van der Waals surface area contributed by atoms with Crippen molar-refractivity contribution in [3.05, 3.63) is 0 Å². The van der Waals surface area contributed by atoms with Gasteiger partial charge in [0.05, 0.1) is 0 Å². The van der Waals surface area contributed by atoms with Gasteiger partial charge in [0.1, 0.15) is 4.75 Å². The van der Waals surface area contributed by atoms with Gasteiger partial charge in [0.15, 0.2) is 0 Å². The van der Waals surface area contributed by atoms with Gasteiger partial charge in [0.25, 0.3) is 0 Å². The maximum absolute atomic E-state index is 11.4. The Balaban J connectivity index is 2.20. The molecule has 0 spiro atoms. The van der Waals surface area contributed by atoms with E-state index in [9.17, 15) is 9.90 Å². The SMILES string of the molecule is Cn1nnnc1SC1(C(=O)O)CCOCC1. The van der Waals surface area contributed by atoms with Crippen LogP contribution in [0.15, 0.2) is 5.16 Å². The summed E-state index contributed by atoms with van der Waals surface area (Å²) in [5, 5.41) is 20.8. The van der Waals surface area contributed by atoms with E-state index in [1.165, 1.54) is 16.4 Å². The molecule has 1 aliphatic heterocycles. The van der Waals surface area contributed by atoms with Crippen molar-refractivity contribution >= 4 is 17.7 Å². The normalized spacial score (nSPS) is 19.6. The first-order valence-electron chi connectivity index (χ1n) is 4.86. The third-order valence-electron chi connectivity index (χ3n) is 2.56. The first-order chi connectivity index (χ1) is 7.64. The Morgan fingerprint density at radius 2 is 2.25 bits per heavy atom. The van der Waals surface area contributed by atoms with Gasteiger partial charge in [-0.15, -0.1) is 5.10 Å². The summed E-state index contributed by atoms with van der Waals surface area (Å²) >= 11 is 1.20. The highest BCUT2D eigenvalue weighted by Crippen LogP contribution is 2.39. The molecule has 0 atom stereocenters. The number of aliphatic carboxylic acids is 1. The van der Waals surface area contributed by atoms with Gasteiger partial charge < -0.3 is 9.84 Å². The van der Waals surface area contributed by atoms with Crippen LogP contribution in [0.25, 0.3) is 0 Å². The van der Waals surface area contributed by atoms with Crippen LogP contribution in [0.3, 0.4) is 0 Å². The highest BCUT2D eigenvalue weighted by Gasteiger charge is 2.42. The third kappa shape index (κ3) is 2.03. The number of aryl methyl sites for hydroxylation is 1. The van der Waals surface area contributed by atoms with Gasteiger partial charge in [0, 0.05) is 20.3 Å². The Morgan fingerprint density at radius 1 is 1.56 bits per heavy atom. The van der Waals surface area contributed by atoms with Crippen molar-refractivity contribution in [2.75, 3.05) is 13.2 Å². The van der Waals surface area contributed by atoms with E-state index in [0.29, 0.717) is 31.2 Å². The van der Waals surface area contributed by atoms with Gasteiger partial charge in [-0.25, -0.2) is 4.68 Å². The maximum Gasteiger partial charge on any atom is 0.320 e. The number of aromatic nitrogens is 4. The lowest BCUT2D eigenvalue weighted by molar-refractivity contribution is -0.142. The summed E-state index contributed by atoms with van der Waals surface area (Å²) in [5.41, 5.74) is 0. The molecular formula is C8H12N4O3S. The van der Waals surface area contributed by atoms with E-state index in [0.717, 1.165) is 0 Å². The zero-order chi connectivity index (χ0) is 11.6. The molecule has 0 radical (unpaired) electrons. The lowest BCUT2D eigenvalue weighted by Gasteiger charge is -2.31. The predicted octanol–water partition coefficient (Wildman–Crippen LogP) is -0.0640. The summed E-state index contributed by atoms with van der Waals surface area (Å²) in [6.45, 7) is 0.926. The maximum atomic E-state index is 11.4. The molecule has 2 rings (SSSR count). The average Bonchev–Trinajstić information content (AvgIpc) is 2.65. The predicted molar refractivity (Wildman–Crippen MR) is 55.1 cm³/mol. The van der Waals surface area contributed by atoms with E-state index in [2.05, 4.69) is 15.5 Å². The quantitative estimate of drug-likeness (QED) is 0.796. The number of thioether (sulfide) groups is 1. The molecule has 1 saturated heterocycles. The van der Waals surface area contributed by atoms with Crippen LogP contribution >= 0.6 is 11.8 Å². The van der Waals surface area contributed by atoms with Crippen LogP contribution in [0.5, 0.6) is 0 Å². The number of ether oxygens (including phenoxy) is 1. The second-order valence-corrected chi connectivity index (χ2v) is 4.95. The molecule has 1 aromatic heterocycles. The van der Waals surface area contributed by atoms with E-state index in [1.54, 1.807) is 7.05 Å². The second-order valence-electron chi connectivity index (χ2n) is 3.60. The van der Waals surface area contributed by atoms with Crippen molar-refractivity contribution in [3.63, 3.8) is 0 Å². The molecule has 1 fully saturated rings. The van der Waals surface area contributed by atoms with Crippen molar-refractivity contribution in [1.82, 2.24) is 20.2 Å². The molecule has 0 amide bonds. The Kier molecular flexibility index (Phi) is 3.10. The van der Waals surface area contributed by atoms with Gasteiger partial charge in [-0.3, -0.25) is 4.79 Å². The number of nitrogens with zero attached hydrogens (tertiary/aromatic N) is 4. The first kappa shape index (κ1) is 11.3. The van der Waals surface area contributed by atoms with Crippen molar-refractivity contribution in [2.24, 2.45) is 7.05 Å². The van der Waals surface area contributed by atoms with Gasteiger partial charge in [0.2, 0.25) is 5.16 Å². The van der Waals surface area contributed by atoms with Crippen molar-refractivity contribution in [2.45, 2.75) is 22.7 Å². The molecule has 0 bridgehead atoms. The Hall–Kier alpha value is -1.15. The Labute approximate surface area is 96.2 Å². The molecule has 0 aromatic carbocycles. The topological polar surface area (TPSA) is 90.1 Å². The fourth-order valence-corrected chi connectivity index (χ4v) is 2.60. The van der Waals surface area contributed by atoms with Gasteiger partial charge >= 0.3 is 5.97 Å². The fourth-order valence-electron chi connectivity index (χ4n) is 1.54. The summed E-state index contributed by atoms with van der Waals surface area (Å²) < 4.78 is 5.81. The molecule has 0 aliphatic carbocycles. The third-order valence-corrected chi connectivity index (χ3v) is 4.06. The van der Waals surface area contributed by atoms with Crippen LogP contribution in [0.4, 0.5) is 0 Å². The molecule has 88 valence electrons. The van der Waals surface area contributed by atoms with E-state index in [-0.39, 0.29) is 0 Å². The van der Waals surface area contributed by atoms with Crippen LogP contribution in [0, 0.1) is 0 Å². The molecule has 0 unspecified atom stereocenters. The summed E-state index contributed by atoms with van der Waals surface area (Å²) in [6.07, 6.45) is 0.944. The Morgan fingerprint density at radius 3 is 2.75 bits per heavy atom. The van der Waals surface area contributed by atoms with Crippen LogP contribution in [0.2, 0.25) is 0 Å². The molecular weight excluding hydrogens is 232 g/mol. The zero-order valence-electron chi connectivity index (χ0n) is 8.79. The molecule has 0 saturated carbocycles. The van der Waals surface area contributed by atoms with Crippen molar-refractivity contribution in [3.8, 4) is 0 Å². The molecule has 1 aliphatic rings. The van der Waals surface area contributed by atoms with Gasteiger partial charge in [-0.05, 0) is 23.3 Å². The van der Waals surface area contributed by atoms with Gasteiger partial charge in [-0.1, -0.05) is 11.8 Å². The van der Waals surface area contributed by atoms with Crippen LogP contribution in [-0.2, 0) is 16.6 Å². The monoisotopic (exact) mass is 244 g/mol. The zero-order valence-corrected chi connectivity index (χ0v) is 9.61. The molecule has 1 N–H and O–H groups in total. The summed E-state index contributed by atoms with van der Waals surface area (Å²) in [7, 11) is 1.69. The highest BCUT2D eigenvalue weighted by atomic mass is 32.2. The first-order valence-corrected chi connectivity index (χ1v) is 5.68. The number of tetrazole rings is 1. The van der Waals surface area contributed by atoms with E-state index >= 15 is 0 Å². The van der Waals surface area contributed by atoms with E-state index < -0.39 is 10.7 Å². The minimum Gasteiger partial charge on any atom is -0.480 e. The van der Waals surface area contributed by atoms with Crippen LogP contribution < -0.4 is 0 Å². The molecule has 16 heavy (non-hydrogen) atoms. The fraction of sp³-hybridized carbons (Fsp3) is 0.750. The largest absolute Gasteiger partial charge is 0.480 e. The number of carboxylic acids is 1. The van der Waals surface area contributed by atoms with Crippen LogP contribution in [0.1, 0.15) is 12.8 Å². The number of carbonyl (C=O) groups is 1. The minimum atomic E-state index is -0.860. The summed E-state index contributed by atoms with van der Waals surface area (Å²) in [4.78, 5) is 11.4. The standard InChI is InChI=1S/C8H12N4O3S/c1-12-7(9-10-11-12)16-8(6(13)14)2-4-15-5-3-8/h2-5H2,1H3,(H,13,14). The molecule has 8 heteroatoms.